The van der Waals surface area contributed by atoms with Gasteiger partial charge in [-0.15, -0.1) is 11.3 Å². The zero-order valence-electron chi connectivity index (χ0n) is 15.7. The van der Waals surface area contributed by atoms with Crippen molar-refractivity contribution in [2.75, 3.05) is 12.8 Å². The molecule has 0 bridgehead atoms. The molecule has 29 heavy (non-hydrogen) atoms. The molecule has 1 saturated heterocycles. The number of nitrogens with one attached hydrogen (secondary N) is 2. The van der Waals surface area contributed by atoms with E-state index in [2.05, 4.69) is 15.3 Å². The summed E-state index contributed by atoms with van der Waals surface area (Å²) >= 11 is 1.17. The van der Waals surface area contributed by atoms with E-state index < -0.39 is 21.4 Å². The molecule has 4 rings (SSSR count). The van der Waals surface area contributed by atoms with Crippen LogP contribution in [0.2, 0.25) is 0 Å². The van der Waals surface area contributed by atoms with Gasteiger partial charge in [-0.3, -0.25) is 15.4 Å². The van der Waals surface area contributed by atoms with Gasteiger partial charge in [-0.25, -0.2) is 17.1 Å². The molecular weight excluding hydrogens is 413 g/mol. The lowest BCUT2D eigenvalue weighted by molar-refractivity contribution is 0.411. The summed E-state index contributed by atoms with van der Waals surface area (Å²) in [6.07, 6.45) is 5.02. The molecule has 1 atom stereocenters. The first kappa shape index (κ1) is 19.5. The molecule has 1 aliphatic heterocycles. The van der Waals surface area contributed by atoms with E-state index in [1.807, 2.05) is 18.2 Å². The lowest BCUT2D eigenvalue weighted by Crippen LogP contribution is -2.60. The Morgan fingerprint density at radius 3 is 2.76 bits per heavy atom. The number of hydrogen-bond donors (Lipinski definition) is 2. The highest BCUT2D eigenvalue weighted by molar-refractivity contribution is 7.89. The Kier molecular flexibility index (Phi) is 4.62. The van der Waals surface area contributed by atoms with Crippen LogP contribution in [-0.4, -0.2) is 41.5 Å². The minimum atomic E-state index is -3.71. The fraction of sp³-hybridized carbons (Fsp3) is 0.211. The topological polar surface area (TPSA) is 99.0 Å². The van der Waals surface area contributed by atoms with Crippen LogP contribution in [0.5, 0.6) is 0 Å². The predicted molar refractivity (Wildman–Crippen MR) is 111 cm³/mol. The van der Waals surface area contributed by atoms with Gasteiger partial charge in [0.05, 0.1) is 21.9 Å². The Labute approximate surface area is 171 Å². The fourth-order valence-electron chi connectivity index (χ4n) is 3.24. The van der Waals surface area contributed by atoms with Crippen molar-refractivity contribution in [3.8, 4) is 21.7 Å². The first-order valence-corrected chi connectivity index (χ1v) is 11.1. The average molecular weight is 432 g/mol. The highest BCUT2D eigenvalue weighted by Gasteiger charge is 2.44. The predicted octanol–water partition coefficient (Wildman–Crippen LogP) is 3.03. The molecule has 10 heteroatoms. The van der Waals surface area contributed by atoms with E-state index in [1.54, 1.807) is 31.6 Å². The summed E-state index contributed by atoms with van der Waals surface area (Å²) in [7, 11) is -2.41. The van der Waals surface area contributed by atoms with Gasteiger partial charge < -0.3 is 5.32 Å². The first-order chi connectivity index (χ1) is 13.7. The molecule has 0 amide bonds. The molecule has 1 fully saturated rings. The molecule has 0 aliphatic carbocycles. The number of pyridine rings is 2. The Morgan fingerprint density at radius 1 is 1.28 bits per heavy atom. The van der Waals surface area contributed by atoms with Crippen LogP contribution >= 0.6 is 11.3 Å². The van der Waals surface area contributed by atoms with Crippen molar-refractivity contribution < 1.29 is 12.8 Å². The average Bonchev–Trinajstić information content (AvgIpc) is 3.09. The summed E-state index contributed by atoms with van der Waals surface area (Å²) in [5.41, 5.74) is 1.09. The number of thiophene rings is 1. The minimum absolute atomic E-state index is 0.244. The molecule has 0 saturated carbocycles. The van der Waals surface area contributed by atoms with Crippen LogP contribution in [0.25, 0.3) is 21.7 Å². The maximum absolute atomic E-state index is 14.9. The van der Waals surface area contributed by atoms with E-state index in [0.717, 1.165) is 15.4 Å². The highest BCUT2D eigenvalue weighted by Crippen LogP contribution is 2.39. The van der Waals surface area contributed by atoms with Crippen molar-refractivity contribution in [3.63, 3.8) is 0 Å². The monoisotopic (exact) mass is 431 g/mol. The Bertz CT molecular complexity index is 1200. The molecular formula is C19H18FN5O2S2. The molecule has 150 valence electrons. The number of sulfonamides is 1. The van der Waals surface area contributed by atoms with Gasteiger partial charge in [0.2, 0.25) is 16.0 Å². The Hall–Kier alpha value is -2.85. The summed E-state index contributed by atoms with van der Waals surface area (Å²) in [4.78, 5) is 9.34. The van der Waals surface area contributed by atoms with E-state index in [0.29, 0.717) is 10.6 Å². The van der Waals surface area contributed by atoms with Gasteiger partial charge in [0.1, 0.15) is 5.82 Å². The highest BCUT2D eigenvalue weighted by atomic mass is 32.2. The third-order valence-corrected chi connectivity index (χ3v) is 8.17. The second kappa shape index (κ2) is 6.89. The van der Waals surface area contributed by atoms with Crippen molar-refractivity contribution in [2.24, 2.45) is 0 Å². The van der Waals surface area contributed by atoms with Gasteiger partial charge in [-0.2, -0.15) is 0 Å². The van der Waals surface area contributed by atoms with E-state index in [1.165, 1.54) is 24.5 Å². The Balaban J connectivity index is 1.73. The van der Waals surface area contributed by atoms with Gasteiger partial charge in [0.15, 0.2) is 0 Å². The van der Waals surface area contributed by atoms with Gasteiger partial charge in [0.25, 0.3) is 0 Å². The normalized spacial score (nSPS) is 21.1. The van der Waals surface area contributed by atoms with Crippen LogP contribution in [0.3, 0.4) is 0 Å². The zero-order valence-corrected chi connectivity index (χ0v) is 17.3. The summed E-state index contributed by atoms with van der Waals surface area (Å²) in [6, 6.07) is 8.71. The van der Waals surface area contributed by atoms with Gasteiger partial charge in [-0.05, 0) is 42.8 Å². The molecule has 3 aromatic rings. The van der Waals surface area contributed by atoms with Gasteiger partial charge in [0, 0.05) is 36.1 Å². The quantitative estimate of drug-likeness (QED) is 0.664. The number of nitrogens with zero attached hydrogens (tertiary/aromatic N) is 3. The van der Waals surface area contributed by atoms with E-state index >= 15 is 0 Å². The van der Waals surface area contributed by atoms with E-state index in [-0.39, 0.29) is 16.6 Å². The number of aromatic nitrogens is 2. The van der Waals surface area contributed by atoms with Crippen LogP contribution in [0.4, 0.5) is 4.39 Å². The van der Waals surface area contributed by atoms with Crippen molar-refractivity contribution in [1.29, 1.82) is 5.41 Å². The molecule has 0 unspecified atom stereocenters. The van der Waals surface area contributed by atoms with Crippen molar-refractivity contribution in [3.05, 3.63) is 59.6 Å². The largest absolute Gasteiger partial charge is 0.344 e. The van der Waals surface area contributed by atoms with Crippen LogP contribution in [0, 0.1) is 11.2 Å². The molecule has 0 aromatic carbocycles. The number of rotatable bonds is 3. The molecule has 0 radical (unpaired) electrons. The molecule has 3 aromatic heterocycles. The summed E-state index contributed by atoms with van der Waals surface area (Å²) < 4.78 is 40.5. The molecule has 1 aliphatic rings. The SMILES string of the molecule is CN1C(=N)N[C@](C)(c2sc(-c3ccnc(-c4cccnc4)c3)cc2F)CS1(=O)=O. The maximum Gasteiger partial charge on any atom is 0.239 e. The van der Waals surface area contributed by atoms with Gasteiger partial charge >= 0.3 is 0 Å². The maximum atomic E-state index is 14.9. The summed E-state index contributed by atoms with van der Waals surface area (Å²) in [6.45, 7) is 1.60. The Morgan fingerprint density at radius 2 is 2.07 bits per heavy atom. The molecule has 4 heterocycles. The molecule has 0 spiro atoms. The van der Waals surface area contributed by atoms with E-state index in [4.69, 9.17) is 5.41 Å². The van der Waals surface area contributed by atoms with Crippen LogP contribution < -0.4 is 5.32 Å². The first-order valence-electron chi connectivity index (χ1n) is 8.70. The second-order valence-electron chi connectivity index (χ2n) is 6.99. The van der Waals surface area contributed by atoms with Crippen LogP contribution in [0.1, 0.15) is 11.8 Å². The number of halogens is 1. The van der Waals surface area contributed by atoms with Gasteiger partial charge in [-0.1, -0.05) is 0 Å². The third-order valence-electron chi connectivity index (χ3n) is 4.79. The zero-order chi connectivity index (χ0) is 20.8. The number of guanidine groups is 1. The van der Waals surface area contributed by atoms with Crippen LogP contribution in [0.15, 0.2) is 48.9 Å². The molecule has 2 N–H and O–H groups in total. The fourth-order valence-corrected chi connectivity index (χ4v) is 5.93. The summed E-state index contributed by atoms with van der Waals surface area (Å²) in [5.74, 6) is -1.13. The summed E-state index contributed by atoms with van der Waals surface area (Å²) in [5, 5.41) is 10.8. The molecule has 7 nitrogen and oxygen atoms in total. The standard InChI is InChI=1S/C19H18FN5O2S2/c1-19(11-29(26,27)25(2)18(21)24-19)17-14(20)9-16(28-17)12-5-7-23-15(8-12)13-4-3-6-22-10-13/h3-10H,11H2,1-2H3,(H2,21,24)/t19-/m0/s1. The van der Waals surface area contributed by atoms with Crippen molar-refractivity contribution >= 4 is 27.3 Å². The van der Waals surface area contributed by atoms with Crippen molar-refractivity contribution in [1.82, 2.24) is 19.6 Å². The third kappa shape index (κ3) is 3.49. The lowest BCUT2D eigenvalue weighted by Gasteiger charge is -2.39. The second-order valence-corrected chi connectivity index (χ2v) is 10.0. The van der Waals surface area contributed by atoms with Crippen LogP contribution in [-0.2, 0) is 15.6 Å². The van der Waals surface area contributed by atoms with Crippen molar-refractivity contribution in [2.45, 2.75) is 12.5 Å². The smallest absolute Gasteiger partial charge is 0.239 e. The minimum Gasteiger partial charge on any atom is -0.344 e. The lowest BCUT2D eigenvalue weighted by atomic mass is 10.0. The number of hydrogen-bond acceptors (Lipinski definition) is 6. The van der Waals surface area contributed by atoms with E-state index in [9.17, 15) is 12.8 Å².